The van der Waals surface area contributed by atoms with Gasteiger partial charge in [-0.3, -0.25) is 0 Å². The molecule has 23 heavy (non-hydrogen) atoms. The van der Waals surface area contributed by atoms with E-state index in [2.05, 4.69) is 20.9 Å². The molecule has 1 spiro atoms. The van der Waals surface area contributed by atoms with Gasteiger partial charge in [0.25, 0.3) is 0 Å². The molecule has 2 heterocycles. The average molecular weight is 384 g/mol. The minimum Gasteiger partial charge on any atom is -0.484 e. The average Bonchev–Trinajstić information content (AvgIpc) is 3.10. The van der Waals surface area contributed by atoms with Gasteiger partial charge in [0.05, 0.1) is 6.54 Å². The Morgan fingerprint density at radius 3 is 2.78 bits per heavy atom. The Bertz CT molecular complexity index is 625. The number of nitrogen functional groups attached to an aromatic ring is 1. The fourth-order valence-corrected chi connectivity index (χ4v) is 3.20. The van der Waals surface area contributed by atoms with Gasteiger partial charge in [-0.25, -0.2) is 9.78 Å². The lowest BCUT2D eigenvalue weighted by atomic mass is 10.0. The van der Waals surface area contributed by atoms with Gasteiger partial charge < -0.3 is 20.1 Å². The number of anilines is 1. The fraction of sp³-hybridized carbons (Fsp3) is 0.625. The molecule has 0 bridgehead atoms. The summed E-state index contributed by atoms with van der Waals surface area (Å²) >= 11 is 3.38. The number of nitrogens with zero attached hydrogens (tertiary/aromatic N) is 2. The first-order valence-corrected chi connectivity index (χ1v) is 8.53. The van der Waals surface area contributed by atoms with Crippen LogP contribution in [0.2, 0.25) is 0 Å². The van der Waals surface area contributed by atoms with E-state index in [1.54, 1.807) is 11.1 Å². The molecule has 1 aromatic heterocycles. The number of carbonyl (C=O) groups is 1. The molecule has 1 atom stereocenters. The molecule has 1 saturated heterocycles. The maximum atomic E-state index is 12.3. The van der Waals surface area contributed by atoms with Crippen LogP contribution < -0.4 is 10.5 Å². The first kappa shape index (κ1) is 16.4. The van der Waals surface area contributed by atoms with Crippen molar-refractivity contribution >= 4 is 27.8 Å². The van der Waals surface area contributed by atoms with Crippen LogP contribution in [0.15, 0.2) is 16.7 Å². The monoisotopic (exact) mass is 383 g/mol. The van der Waals surface area contributed by atoms with E-state index in [1.165, 1.54) is 0 Å². The largest absolute Gasteiger partial charge is 0.484 e. The molecular weight excluding hydrogens is 362 g/mol. The maximum absolute atomic E-state index is 12.3. The number of hydrogen-bond donors (Lipinski definition) is 1. The highest BCUT2D eigenvalue weighted by Gasteiger charge is 2.58. The Kier molecular flexibility index (Phi) is 3.94. The predicted molar refractivity (Wildman–Crippen MR) is 90.2 cm³/mol. The number of aromatic nitrogens is 1. The molecule has 1 unspecified atom stereocenters. The summed E-state index contributed by atoms with van der Waals surface area (Å²) < 4.78 is 12.4. The zero-order valence-electron chi connectivity index (χ0n) is 13.6. The third-order valence-corrected chi connectivity index (χ3v) is 4.67. The van der Waals surface area contributed by atoms with Crippen molar-refractivity contribution in [2.24, 2.45) is 5.41 Å². The van der Waals surface area contributed by atoms with E-state index in [-0.39, 0.29) is 17.6 Å². The van der Waals surface area contributed by atoms with Crippen LogP contribution in [-0.2, 0) is 4.74 Å². The van der Waals surface area contributed by atoms with E-state index in [4.69, 9.17) is 15.2 Å². The lowest BCUT2D eigenvalue weighted by Gasteiger charge is -2.24. The fourth-order valence-electron chi connectivity index (χ4n) is 2.89. The van der Waals surface area contributed by atoms with Gasteiger partial charge in [-0.1, -0.05) is 0 Å². The summed E-state index contributed by atoms with van der Waals surface area (Å²) in [6.45, 7) is 6.80. The number of halogens is 1. The molecule has 1 aliphatic carbocycles. The van der Waals surface area contributed by atoms with Gasteiger partial charge in [0.15, 0.2) is 11.6 Å². The SMILES string of the molecule is CC(C)(C)OC(=O)N1CC(Oc2cc(Br)cnc2N)C2(CC2)C1. The Morgan fingerprint density at radius 1 is 1.48 bits per heavy atom. The van der Waals surface area contributed by atoms with E-state index in [9.17, 15) is 4.79 Å². The summed E-state index contributed by atoms with van der Waals surface area (Å²) in [5, 5.41) is 0. The zero-order valence-corrected chi connectivity index (χ0v) is 15.2. The Morgan fingerprint density at radius 2 is 2.17 bits per heavy atom. The molecular formula is C16H22BrN3O3. The standard InChI is InChI=1S/C16H22BrN3O3/c1-15(2,3)23-14(21)20-8-12(16(9-20)4-5-16)22-11-6-10(17)7-19-13(11)18/h6-7,12H,4-5,8-9H2,1-3H3,(H2,18,19). The highest BCUT2D eigenvalue weighted by atomic mass is 79.9. The second kappa shape index (κ2) is 5.54. The summed E-state index contributed by atoms with van der Waals surface area (Å²) in [6, 6.07) is 1.81. The summed E-state index contributed by atoms with van der Waals surface area (Å²) in [6.07, 6.45) is 3.39. The molecule has 0 radical (unpaired) electrons. The highest BCUT2D eigenvalue weighted by Crippen LogP contribution is 2.54. The van der Waals surface area contributed by atoms with E-state index in [1.807, 2.05) is 26.8 Å². The van der Waals surface area contributed by atoms with E-state index in [0.29, 0.717) is 24.7 Å². The quantitative estimate of drug-likeness (QED) is 0.847. The van der Waals surface area contributed by atoms with Gasteiger partial charge in [-0.2, -0.15) is 0 Å². The van der Waals surface area contributed by atoms with Crippen molar-refractivity contribution in [2.75, 3.05) is 18.8 Å². The predicted octanol–water partition coefficient (Wildman–Crippen LogP) is 3.20. The van der Waals surface area contributed by atoms with Crippen molar-refractivity contribution in [3.63, 3.8) is 0 Å². The summed E-state index contributed by atoms with van der Waals surface area (Å²) in [5.41, 5.74) is 5.43. The van der Waals surface area contributed by atoms with Gasteiger partial charge in [0, 0.05) is 22.6 Å². The molecule has 2 fully saturated rings. The topological polar surface area (TPSA) is 77.7 Å². The van der Waals surface area contributed by atoms with Crippen LogP contribution in [0, 0.1) is 5.41 Å². The number of rotatable bonds is 2. The van der Waals surface area contributed by atoms with E-state index < -0.39 is 5.60 Å². The number of nitrogens with two attached hydrogens (primary N) is 1. The third kappa shape index (κ3) is 3.54. The molecule has 7 heteroatoms. The van der Waals surface area contributed by atoms with Crippen LogP contribution in [0.3, 0.4) is 0 Å². The van der Waals surface area contributed by atoms with Crippen molar-refractivity contribution in [3.8, 4) is 5.75 Å². The van der Waals surface area contributed by atoms with Crippen molar-refractivity contribution in [1.82, 2.24) is 9.88 Å². The Hall–Kier alpha value is -1.50. The molecule has 1 amide bonds. The van der Waals surface area contributed by atoms with Gasteiger partial charge in [-0.15, -0.1) is 0 Å². The Labute approximate surface area is 144 Å². The summed E-state index contributed by atoms with van der Waals surface area (Å²) in [7, 11) is 0. The van der Waals surface area contributed by atoms with Crippen LogP contribution in [0.5, 0.6) is 5.75 Å². The first-order chi connectivity index (χ1) is 10.7. The normalized spacial score (nSPS) is 22.3. The minimum atomic E-state index is -0.495. The second-order valence-corrected chi connectivity index (χ2v) is 8.28. The van der Waals surface area contributed by atoms with Crippen molar-refractivity contribution < 1.29 is 14.3 Å². The molecule has 3 rings (SSSR count). The number of amides is 1. The second-order valence-electron chi connectivity index (χ2n) is 7.37. The first-order valence-electron chi connectivity index (χ1n) is 7.74. The van der Waals surface area contributed by atoms with Gasteiger partial charge in [0.1, 0.15) is 11.7 Å². The number of likely N-dealkylation sites (tertiary alicyclic amines) is 1. The Balaban J connectivity index is 1.71. The lowest BCUT2D eigenvalue weighted by Crippen LogP contribution is -2.36. The molecule has 1 saturated carbocycles. The maximum Gasteiger partial charge on any atom is 0.410 e. The van der Waals surface area contributed by atoms with Crippen LogP contribution in [0.25, 0.3) is 0 Å². The smallest absolute Gasteiger partial charge is 0.410 e. The van der Waals surface area contributed by atoms with E-state index in [0.717, 1.165) is 17.3 Å². The van der Waals surface area contributed by atoms with Gasteiger partial charge in [0.2, 0.25) is 0 Å². The number of hydrogen-bond acceptors (Lipinski definition) is 5. The van der Waals surface area contributed by atoms with Gasteiger partial charge in [-0.05, 0) is 55.6 Å². The lowest BCUT2D eigenvalue weighted by molar-refractivity contribution is 0.0274. The molecule has 6 nitrogen and oxygen atoms in total. The molecule has 2 aliphatic rings. The summed E-state index contributed by atoms with van der Waals surface area (Å²) in [4.78, 5) is 18.1. The van der Waals surface area contributed by atoms with Crippen molar-refractivity contribution in [1.29, 1.82) is 0 Å². The van der Waals surface area contributed by atoms with E-state index >= 15 is 0 Å². The van der Waals surface area contributed by atoms with Crippen LogP contribution >= 0.6 is 15.9 Å². The molecule has 1 aliphatic heterocycles. The molecule has 126 valence electrons. The highest BCUT2D eigenvalue weighted by molar-refractivity contribution is 9.10. The number of ether oxygens (including phenoxy) is 2. The number of carbonyl (C=O) groups excluding carboxylic acids is 1. The minimum absolute atomic E-state index is 0.0334. The molecule has 0 aromatic carbocycles. The van der Waals surface area contributed by atoms with Crippen LogP contribution in [-0.4, -0.2) is 40.8 Å². The number of pyridine rings is 1. The van der Waals surface area contributed by atoms with Crippen LogP contribution in [0.1, 0.15) is 33.6 Å². The van der Waals surface area contributed by atoms with Crippen LogP contribution in [0.4, 0.5) is 10.6 Å². The molecule has 2 N–H and O–H groups in total. The summed E-state index contributed by atoms with van der Waals surface area (Å²) in [5.74, 6) is 0.918. The zero-order chi connectivity index (χ0) is 16.8. The molecule has 1 aromatic rings. The van der Waals surface area contributed by atoms with Gasteiger partial charge >= 0.3 is 6.09 Å². The third-order valence-electron chi connectivity index (χ3n) is 4.24. The van der Waals surface area contributed by atoms with Crippen molar-refractivity contribution in [2.45, 2.75) is 45.3 Å². The van der Waals surface area contributed by atoms with Crippen molar-refractivity contribution in [3.05, 3.63) is 16.7 Å².